The first-order valence-electron chi connectivity index (χ1n) is 5.88. The van der Waals surface area contributed by atoms with Gasteiger partial charge < -0.3 is 10.6 Å². The van der Waals surface area contributed by atoms with Gasteiger partial charge in [-0.15, -0.1) is 0 Å². The van der Waals surface area contributed by atoms with Gasteiger partial charge in [0.1, 0.15) is 0 Å². The molecule has 1 aliphatic heterocycles. The topological polar surface area (TPSA) is 46.3 Å². The Hall–Kier alpha value is -0.570. The second-order valence-electron chi connectivity index (χ2n) is 5.73. The summed E-state index contributed by atoms with van der Waals surface area (Å²) in [6.07, 6.45) is 1.63. The molecule has 15 heavy (non-hydrogen) atoms. The van der Waals surface area contributed by atoms with Gasteiger partial charge in [0.25, 0.3) is 0 Å². The molecule has 0 bridgehead atoms. The summed E-state index contributed by atoms with van der Waals surface area (Å²) in [4.78, 5) is 13.7. The molecule has 1 rings (SSSR count). The summed E-state index contributed by atoms with van der Waals surface area (Å²) in [5.41, 5.74) is 6.10. The van der Waals surface area contributed by atoms with Crippen LogP contribution in [-0.2, 0) is 4.79 Å². The first-order valence-corrected chi connectivity index (χ1v) is 5.88. The summed E-state index contributed by atoms with van der Waals surface area (Å²) < 4.78 is 0. The summed E-state index contributed by atoms with van der Waals surface area (Å²) in [5.74, 6) is 0.757. The molecule has 2 atom stereocenters. The predicted molar refractivity (Wildman–Crippen MR) is 62.4 cm³/mol. The smallest absolute Gasteiger partial charge is 0.222 e. The first kappa shape index (κ1) is 12.5. The van der Waals surface area contributed by atoms with Gasteiger partial charge in [-0.05, 0) is 17.8 Å². The largest absolute Gasteiger partial charge is 0.341 e. The maximum Gasteiger partial charge on any atom is 0.222 e. The number of amides is 1. The Bertz CT molecular complexity index is 232. The van der Waals surface area contributed by atoms with Crippen molar-refractivity contribution in [3.63, 3.8) is 0 Å². The molecule has 0 aromatic carbocycles. The molecule has 1 amide bonds. The molecule has 1 heterocycles. The zero-order valence-electron chi connectivity index (χ0n) is 10.4. The Morgan fingerprint density at radius 1 is 1.53 bits per heavy atom. The minimum atomic E-state index is 0.132. The normalized spacial score (nSPS) is 24.7. The number of carbonyl (C=O) groups excluding carboxylic acids is 1. The summed E-state index contributed by atoms with van der Waals surface area (Å²) in [5, 5.41) is 0. The van der Waals surface area contributed by atoms with E-state index in [1.54, 1.807) is 0 Å². The van der Waals surface area contributed by atoms with Gasteiger partial charge in [0, 0.05) is 25.6 Å². The fourth-order valence-electron chi connectivity index (χ4n) is 1.94. The number of rotatable bonds is 3. The number of nitrogens with zero attached hydrogens (tertiary/aromatic N) is 1. The number of carbonyl (C=O) groups is 1. The lowest BCUT2D eigenvalue weighted by molar-refractivity contribution is -0.128. The van der Waals surface area contributed by atoms with Gasteiger partial charge in [-0.2, -0.15) is 0 Å². The Morgan fingerprint density at radius 2 is 2.13 bits per heavy atom. The van der Waals surface area contributed by atoms with Crippen molar-refractivity contribution >= 4 is 5.91 Å². The maximum atomic E-state index is 11.8. The van der Waals surface area contributed by atoms with Crippen molar-refractivity contribution < 1.29 is 4.79 Å². The lowest BCUT2D eigenvalue weighted by Crippen LogP contribution is -2.38. The summed E-state index contributed by atoms with van der Waals surface area (Å²) in [7, 11) is 0. The van der Waals surface area contributed by atoms with E-state index in [2.05, 4.69) is 27.7 Å². The van der Waals surface area contributed by atoms with Gasteiger partial charge in [-0.3, -0.25) is 4.79 Å². The molecule has 88 valence electrons. The Balaban J connectivity index is 2.53. The van der Waals surface area contributed by atoms with E-state index in [-0.39, 0.29) is 17.4 Å². The Morgan fingerprint density at radius 3 is 2.53 bits per heavy atom. The molecular weight excluding hydrogens is 188 g/mol. The van der Waals surface area contributed by atoms with E-state index in [1.807, 2.05) is 4.90 Å². The average molecular weight is 212 g/mol. The van der Waals surface area contributed by atoms with Gasteiger partial charge in [-0.25, -0.2) is 0 Å². The van der Waals surface area contributed by atoms with Crippen LogP contribution in [0, 0.1) is 11.3 Å². The van der Waals surface area contributed by atoms with Crippen molar-refractivity contribution in [1.82, 2.24) is 4.90 Å². The third kappa shape index (κ3) is 3.20. The van der Waals surface area contributed by atoms with Crippen molar-refractivity contribution in [1.29, 1.82) is 0 Å². The van der Waals surface area contributed by atoms with E-state index in [1.165, 1.54) is 0 Å². The van der Waals surface area contributed by atoms with Gasteiger partial charge in [-0.1, -0.05) is 27.7 Å². The van der Waals surface area contributed by atoms with Gasteiger partial charge >= 0.3 is 0 Å². The molecule has 0 aliphatic carbocycles. The lowest BCUT2D eigenvalue weighted by atomic mass is 9.80. The predicted octanol–water partition coefficient (Wildman–Crippen LogP) is 1.62. The van der Waals surface area contributed by atoms with E-state index < -0.39 is 0 Å². The van der Waals surface area contributed by atoms with Gasteiger partial charge in [0.2, 0.25) is 5.91 Å². The first-order chi connectivity index (χ1) is 6.84. The summed E-state index contributed by atoms with van der Waals surface area (Å²) in [6, 6.07) is 0.132. The van der Waals surface area contributed by atoms with Crippen LogP contribution in [0.25, 0.3) is 0 Å². The summed E-state index contributed by atoms with van der Waals surface area (Å²) >= 11 is 0. The van der Waals surface area contributed by atoms with Crippen LogP contribution in [0.3, 0.4) is 0 Å². The van der Waals surface area contributed by atoms with Crippen LogP contribution in [0.1, 0.15) is 40.5 Å². The maximum absolute atomic E-state index is 11.8. The number of nitrogens with two attached hydrogens (primary N) is 1. The standard InChI is InChI=1S/C12H24N2O/c1-5-10(13)8-14-7-9(6-11(14)15)12(2,3)4/h9-10H,5-8,13H2,1-4H3. The highest BCUT2D eigenvalue weighted by molar-refractivity contribution is 5.78. The molecule has 0 radical (unpaired) electrons. The Labute approximate surface area is 93.0 Å². The molecule has 0 spiro atoms. The van der Waals surface area contributed by atoms with Crippen molar-refractivity contribution in [2.45, 2.75) is 46.6 Å². The van der Waals surface area contributed by atoms with Crippen LogP contribution in [-0.4, -0.2) is 29.9 Å². The van der Waals surface area contributed by atoms with Crippen molar-refractivity contribution in [2.24, 2.45) is 17.1 Å². The van der Waals surface area contributed by atoms with Crippen molar-refractivity contribution in [3.05, 3.63) is 0 Å². The van der Waals surface area contributed by atoms with Crippen LogP contribution in [0.4, 0.5) is 0 Å². The molecule has 1 fully saturated rings. The molecule has 3 heteroatoms. The zero-order valence-corrected chi connectivity index (χ0v) is 10.4. The van der Waals surface area contributed by atoms with Crippen molar-refractivity contribution in [3.8, 4) is 0 Å². The van der Waals surface area contributed by atoms with Gasteiger partial charge in [0.15, 0.2) is 0 Å². The van der Waals surface area contributed by atoms with Gasteiger partial charge in [0.05, 0.1) is 0 Å². The molecular formula is C12H24N2O. The van der Waals surface area contributed by atoms with Crippen LogP contribution in [0.5, 0.6) is 0 Å². The number of hydrogen-bond acceptors (Lipinski definition) is 2. The molecule has 2 unspecified atom stereocenters. The second kappa shape index (κ2) is 4.52. The Kier molecular flexibility index (Phi) is 3.77. The van der Waals surface area contributed by atoms with E-state index >= 15 is 0 Å². The quantitative estimate of drug-likeness (QED) is 0.772. The van der Waals surface area contributed by atoms with Crippen LogP contribution in [0.15, 0.2) is 0 Å². The highest BCUT2D eigenvalue weighted by atomic mass is 16.2. The minimum absolute atomic E-state index is 0.132. The monoisotopic (exact) mass is 212 g/mol. The molecule has 0 saturated carbocycles. The fraction of sp³-hybridized carbons (Fsp3) is 0.917. The van der Waals surface area contributed by atoms with E-state index in [0.717, 1.165) is 19.5 Å². The van der Waals surface area contributed by atoms with E-state index in [4.69, 9.17) is 5.73 Å². The number of hydrogen-bond donors (Lipinski definition) is 1. The lowest BCUT2D eigenvalue weighted by Gasteiger charge is -2.27. The highest BCUT2D eigenvalue weighted by Crippen LogP contribution is 2.34. The minimum Gasteiger partial charge on any atom is -0.341 e. The summed E-state index contributed by atoms with van der Waals surface area (Å²) in [6.45, 7) is 10.3. The number of likely N-dealkylation sites (tertiary alicyclic amines) is 1. The third-order valence-corrected chi connectivity index (χ3v) is 3.42. The highest BCUT2D eigenvalue weighted by Gasteiger charge is 2.36. The average Bonchev–Trinajstić information content (AvgIpc) is 2.47. The van der Waals surface area contributed by atoms with Crippen LogP contribution in [0.2, 0.25) is 0 Å². The molecule has 3 nitrogen and oxygen atoms in total. The van der Waals surface area contributed by atoms with Crippen LogP contribution < -0.4 is 5.73 Å². The van der Waals surface area contributed by atoms with E-state index in [9.17, 15) is 4.79 Å². The SMILES string of the molecule is CCC(N)CN1CC(C(C)(C)C)CC1=O. The molecule has 2 N–H and O–H groups in total. The zero-order chi connectivity index (χ0) is 11.6. The molecule has 1 saturated heterocycles. The molecule has 1 aliphatic rings. The van der Waals surface area contributed by atoms with E-state index in [0.29, 0.717) is 12.3 Å². The fourth-order valence-corrected chi connectivity index (χ4v) is 1.94. The third-order valence-electron chi connectivity index (χ3n) is 3.42. The molecule has 0 aromatic rings. The van der Waals surface area contributed by atoms with Crippen LogP contribution >= 0.6 is 0 Å². The second-order valence-corrected chi connectivity index (χ2v) is 5.73. The van der Waals surface area contributed by atoms with Crippen molar-refractivity contribution in [2.75, 3.05) is 13.1 Å². The molecule has 0 aromatic heterocycles.